The summed E-state index contributed by atoms with van der Waals surface area (Å²) in [7, 11) is 0. The first-order valence-electron chi connectivity index (χ1n) is 3.98. The van der Waals surface area contributed by atoms with Crippen LogP contribution in [-0.2, 0) is 6.54 Å². The summed E-state index contributed by atoms with van der Waals surface area (Å²) in [6.45, 7) is 0.818. The minimum Gasteiger partial charge on any atom is -0.268 e. The van der Waals surface area contributed by atoms with Crippen LogP contribution >= 0.6 is 34.1 Å². The highest BCUT2D eigenvalue weighted by Crippen LogP contribution is 2.15. The molecule has 0 spiro atoms. The molecule has 0 bridgehead atoms. The van der Waals surface area contributed by atoms with Crippen molar-refractivity contribution in [2.24, 2.45) is 0 Å². The van der Waals surface area contributed by atoms with Gasteiger partial charge in [-0.05, 0) is 12.1 Å². The Labute approximate surface area is 93.5 Å². The van der Waals surface area contributed by atoms with Gasteiger partial charge in [0.2, 0.25) is 0 Å². The zero-order valence-electron chi connectivity index (χ0n) is 6.87. The van der Waals surface area contributed by atoms with Crippen LogP contribution in [0.3, 0.4) is 0 Å². The predicted molar refractivity (Wildman–Crippen MR) is 65.0 cm³/mol. The van der Waals surface area contributed by atoms with Gasteiger partial charge in [-0.25, -0.2) is 0 Å². The molecule has 0 atom stereocenters. The lowest BCUT2D eigenvalue weighted by Gasteiger charge is -1.91. The van der Waals surface area contributed by atoms with Crippen LogP contribution in [0.1, 0.15) is 0 Å². The molecule has 0 saturated carbocycles. The summed E-state index contributed by atoms with van der Waals surface area (Å²) in [5.74, 6) is 0. The Kier molecular flexibility index (Phi) is 2.69. The van der Waals surface area contributed by atoms with Crippen molar-refractivity contribution in [2.45, 2.75) is 6.54 Å². The monoisotopic (exact) mass is 305 g/mol. The molecule has 0 aliphatic carbocycles. The molecule has 1 aromatic heterocycles. The van der Waals surface area contributed by atoms with E-state index in [-0.39, 0.29) is 5.56 Å². The Bertz CT molecular complexity index is 474. The lowest BCUT2D eigenvalue weighted by Crippen LogP contribution is -2.13. The topological polar surface area (TPSA) is 22.0 Å². The molecule has 0 aliphatic heterocycles. The fraction of sp³-hybridized carbons (Fsp3) is 0.222. The van der Waals surface area contributed by atoms with Crippen molar-refractivity contribution in [2.75, 3.05) is 4.43 Å². The summed E-state index contributed by atoms with van der Waals surface area (Å²) in [6, 6.07) is 7.75. The number of nitrogens with zero attached hydrogens (tertiary/aromatic N) is 1. The lowest BCUT2D eigenvalue weighted by molar-refractivity contribution is 0.834. The van der Waals surface area contributed by atoms with E-state index in [9.17, 15) is 4.79 Å². The van der Waals surface area contributed by atoms with Crippen molar-refractivity contribution in [1.82, 2.24) is 3.96 Å². The van der Waals surface area contributed by atoms with E-state index in [2.05, 4.69) is 22.6 Å². The van der Waals surface area contributed by atoms with Crippen LogP contribution < -0.4 is 5.56 Å². The number of hydrogen-bond acceptors (Lipinski definition) is 2. The first kappa shape index (κ1) is 9.21. The zero-order chi connectivity index (χ0) is 9.26. The summed E-state index contributed by atoms with van der Waals surface area (Å²) in [4.78, 5) is 11.7. The average Bonchev–Trinajstić information content (AvgIpc) is 2.46. The van der Waals surface area contributed by atoms with Crippen molar-refractivity contribution >= 4 is 44.2 Å². The molecule has 0 aliphatic rings. The van der Waals surface area contributed by atoms with Gasteiger partial charge in [0.25, 0.3) is 5.56 Å². The van der Waals surface area contributed by atoms with Gasteiger partial charge in [-0.15, -0.1) is 0 Å². The summed E-state index contributed by atoms with van der Waals surface area (Å²) >= 11 is 3.83. The van der Waals surface area contributed by atoms with Gasteiger partial charge in [-0.2, -0.15) is 0 Å². The van der Waals surface area contributed by atoms with Gasteiger partial charge in [0.15, 0.2) is 0 Å². The van der Waals surface area contributed by atoms with Crippen LogP contribution in [0, 0.1) is 0 Å². The van der Waals surface area contributed by atoms with Gasteiger partial charge in [0.1, 0.15) is 0 Å². The first-order valence-corrected chi connectivity index (χ1v) is 6.27. The zero-order valence-corrected chi connectivity index (χ0v) is 9.84. The molecule has 0 radical (unpaired) electrons. The maximum absolute atomic E-state index is 11.7. The standard InChI is InChI=1S/C9H8INOS/c10-5-6-11-9(12)7-3-1-2-4-8(7)13-11/h1-4H,5-6H2. The SMILES string of the molecule is O=c1c2ccccc2sn1CCI. The molecule has 2 nitrogen and oxygen atoms in total. The average molecular weight is 305 g/mol. The smallest absolute Gasteiger partial charge is 0.268 e. The van der Waals surface area contributed by atoms with Crippen molar-refractivity contribution in [3.8, 4) is 0 Å². The predicted octanol–water partition coefficient (Wildman–Crippen LogP) is 2.50. The molecule has 13 heavy (non-hydrogen) atoms. The third kappa shape index (κ3) is 1.65. The molecule has 0 saturated heterocycles. The highest BCUT2D eigenvalue weighted by atomic mass is 127. The van der Waals surface area contributed by atoms with E-state index in [4.69, 9.17) is 0 Å². The molecule has 1 heterocycles. The number of aryl methyl sites for hydroxylation is 1. The number of fused-ring (bicyclic) bond motifs is 1. The summed E-state index contributed by atoms with van der Waals surface area (Å²) in [5.41, 5.74) is 0.150. The van der Waals surface area contributed by atoms with Crippen molar-refractivity contribution in [3.63, 3.8) is 0 Å². The second-order valence-corrected chi connectivity index (χ2v) is 4.83. The molecule has 1 aromatic carbocycles. The van der Waals surface area contributed by atoms with Crippen LogP contribution in [0.25, 0.3) is 10.1 Å². The highest BCUT2D eigenvalue weighted by molar-refractivity contribution is 14.1. The highest BCUT2D eigenvalue weighted by Gasteiger charge is 2.04. The third-order valence-corrected chi connectivity index (χ3v) is 3.44. The minimum absolute atomic E-state index is 0.150. The normalized spacial score (nSPS) is 10.8. The number of halogens is 1. The Morgan fingerprint density at radius 3 is 2.85 bits per heavy atom. The second kappa shape index (κ2) is 3.79. The maximum Gasteiger partial charge on any atom is 0.268 e. The van der Waals surface area contributed by atoms with Gasteiger partial charge >= 0.3 is 0 Å². The fourth-order valence-electron chi connectivity index (χ4n) is 1.24. The summed E-state index contributed by atoms with van der Waals surface area (Å²) in [5, 5.41) is 0.845. The molecule has 0 N–H and O–H groups in total. The van der Waals surface area contributed by atoms with E-state index in [0.717, 1.165) is 21.1 Å². The van der Waals surface area contributed by atoms with Gasteiger partial charge in [0, 0.05) is 11.0 Å². The van der Waals surface area contributed by atoms with E-state index in [1.165, 1.54) is 0 Å². The number of benzene rings is 1. The van der Waals surface area contributed by atoms with Crippen LogP contribution in [0.15, 0.2) is 29.1 Å². The summed E-state index contributed by atoms with van der Waals surface area (Å²) in [6.07, 6.45) is 0. The molecule has 2 aromatic rings. The quantitative estimate of drug-likeness (QED) is 0.617. The van der Waals surface area contributed by atoms with Gasteiger partial charge in [-0.1, -0.05) is 46.3 Å². The van der Waals surface area contributed by atoms with E-state index in [1.807, 2.05) is 28.2 Å². The van der Waals surface area contributed by atoms with E-state index >= 15 is 0 Å². The number of aromatic nitrogens is 1. The van der Waals surface area contributed by atoms with Crippen molar-refractivity contribution < 1.29 is 0 Å². The minimum atomic E-state index is 0.150. The van der Waals surface area contributed by atoms with Gasteiger partial charge in [-0.3, -0.25) is 8.75 Å². The van der Waals surface area contributed by atoms with Crippen LogP contribution in [-0.4, -0.2) is 8.38 Å². The Morgan fingerprint density at radius 1 is 1.38 bits per heavy atom. The largest absolute Gasteiger partial charge is 0.268 e. The Balaban J connectivity index is 2.67. The lowest BCUT2D eigenvalue weighted by atomic mass is 10.3. The molecular formula is C9H8INOS. The molecule has 68 valence electrons. The Hall–Kier alpha value is -0.360. The van der Waals surface area contributed by atoms with Gasteiger partial charge in [0.05, 0.1) is 10.1 Å². The van der Waals surface area contributed by atoms with Crippen LogP contribution in [0.4, 0.5) is 0 Å². The second-order valence-electron chi connectivity index (χ2n) is 2.68. The van der Waals surface area contributed by atoms with E-state index in [1.54, 1.807) is 11.5 Å². The Morgan fingerprint density at radius 2 is 2.15 bits per heavy atom. The number of alkyl halides is 1. The van der Waals surface area contributed by atoms with Crippen LogP contribution in [0.2, 0.25) is 0 Å². The van der Waals surface area contributed by atoms with Crippen molar-refractivity contribution in [3.05, 3.63) is 34.6 Å². The third-order valence-electron chi connectivity index (χ3n) is 1.84. The maximum atomic E-state index is 11.7. The molecule has 2 rings (SSSR count). The first-order chi connectivity index (χ1) is 6.33. The molecular weight excluding hydrogens is 297 g/mol. The van der Waals surface area contributed by atoms with Crippen LogP contribution in [0.5, 0.6) is 0 Å². The molecule has 0 unspecified atom stereocenters. The van der Waals surface area contributed by atoms with E-state index in [0.29, 0.717) is 0 Å². The molecule has 0 amide bonds. The van der Waals surface area contributed by atoms with E-state index < -0.39 is 0 Å². The molecule has 0 fully saturated rings. The fourth-order valence-corrected chi connectivity index (χ4v) is 3.05. The van der Waals surface area contributed by atoms with Crippen molar-refractivity contribution in [1.29, 1.82) is 0 Å². The number of rotatable bonds is 2. The number of hydrogen-bond donors (Lipinski definition) is 0. The summed E-state index contributed by atoms with van der Waals surface area (Å²) < 4.78 is 3.87. The van der Waals surface area contributed by atoms with Gasteiger partial charge < -0.3 is 0 Å². The molecule has 4 heteroatoms.